The number of aromatic nitrogens is 2. The molecule has 1 amide bonds. The molecule has 1 heterocycles. The molecule has 1 aromatic heterocycles. The molecule has 0 spiro atoms. The quantitative estimate of drug-likeness (QED) is 0.895. The van der Waals surface area contributed by atoms with Gasteiger partial charge in [-0.05, 0) is 63.8 Å². The van der Waals surface area contributed by atoms with E-state index in [1.165, 1.54) is 12.1 Å². The fraction of sp³-hybridized carbons (Fsp3) is 0.474. The average molecular weight is 345 g/mol. The molecule has 134 valence electrons. The average Bonchev–Trinajstić information content (AvgIpc) is 2.86. The number of aliphatic hydroxyl groups excluding tert-OH is 1. The molecule has 0 radical (unpaired) electrons. The van der Waals surface area contributed by atoms with Crippen LogP contribution in [0.4, 0.5) is 4.39 Å². The highest BCUT2D eigenvalue weighted by Gasteiger charge is 2.22. The lowest BCUT2D eigenvalue weighted by Crippen LogP contribution is -2.39. The second-order valence-electron chi connectivity index (χ2n) is 6.79. The molecule has 1 aliphatic carbocycles. The summed E-state index contributed by atoms with van der Waals surface area (Å²) in [5.41, 5.74) is 3.36. The summed E-state index contributed by atoms with van der Waals surface area (Å²) in [7, 11) is 0. The van der Waals surface area contributed by atoms with E-state index < -0.39 is 0 Å². The molecule has 1 aliphatic rings. The van der Waals surface area contributed by atoms with Gasteiger partial charge in [0.2, 0.25) is 5.91 Å². The van der Waals surface area contributed by atoms with E-state index in [0.717, 1.165) is 48.3 Å². The van der Waals surface area contributed by atoms with E-state index in [1.54, 1.807) is 16.8 Å². The van der Waals surface area contributed by atoms with Crippen LogP contribution in [0.25, 0.3) is 5.69 Å². The maximum atomic E-state index is 13.1. The smallest absolute Gasteiger partial charge is 0.224 e. The molecule has 1 fully saturated rings. The predicted molar refractivity (Wildman–Crippen MR) is 93.1 cm³/mol. The monoisotopic (exact) mass is 345 g/mol. The number of nitrogens with zero attached hydrogens (tertiary/aromatic N) is 2. The van der Waals surface area contributed by atoms with Crippen LogP contribution in [-0.2, 0) is 11.2 Å². The van der Waals surface area contributed by atoms with Gasteiger partial charge in [-0.2, -0.15) is 5.10 Å². The van der Waals surface area contributed by atoms with Gasteiger partial charge < -0.3 is 10.4 Å². The van der Waals surface area contributed by atoms with Crippen molar-refractivity contribution >= 4 is 5.91 Å². The standard InChI is InChI=1S/C19H24FN3O2/c1-12-18(11-19(25)21-15-5-9-17(24)10-6-15)13(2)23(22-12)16-7-3-14(20)4-8-16/h3-4,7-8,15,17,24H,5-6,9-11H2,1-2H3,(H,21,25). The van der Waals surface area contributed by atoms with Crippen LogP contribution in [0.2, 0.25) is 0 Å². The molecular weight excluding hydrogens is 321 g/mol. The number of carbonyl (C=O) groups excluding carboxylic acids is 1. The lowest BCUT2D eigenvalue weighted by Gasteiger charge is -2.26. The van der Waals surface area contributed by atoms with Gasteiger partial charge in [0.25, 0.3) is 0 Å². The highest BCUT2D eigenvalue weighted by molar-refractivity contribution is 5.79. The number of aliphatic hydroxyl groups is 1. The molecule has 1 aromatic carbocycles. The van der Waals surface area contributed by atoms with Crippen LogP contribution >= 0.6 is 0 Å². The third kappa shape index (κ3) is 4.07. The van der Waals surface area contributed by atoms with Crippen molar-refractivity contribution in [1.82, 2.24) is 15.1 Å². The number of amides is 1. The van der Waals surface area contributed by atoms with Crippen LogP contribution < -0.4 is 5.32 Å². The van der Waals surface area contributed by atoms with Crippen molar-refractivity contribution in [3.05, 3.63) is 47.0 Å². The van der Waals surface area contributed by atoms with Gasteiger partial charge in [-0.3, -0.25) is 4.79 Å². The third-order valence-corrected chi connectivity index (χ3v) is 4.91. The SMILES string of the molecule is Cc1nn(-c2ccc(F)cc2)c(C)c1CC(=O)NC1CCC(O)CC1. The van der Waals surface area contributed by atoms with Gasteiger partial charge in [-0.1, -0.05) is 0 Å². The minimum Gasteiger partial charge on any atom is -0.393 e. The number of aryl methyl sites for hydroxylation is 1. The van der Waals surface area contributed by atoms with Gasteiger partial charge in [-0.25, -0.2) is 9.07 Å². The van der Waals surface area contributed by atoms with Crippen molar-refractivity contribution in [2.75, 3.05) is 0 Å². The molecule has 0 bridgehead atoms. The van der Waals surface area contributed by atoms with Gasteiger partial charge in [0.15, 0.2) is 0 Å². The first-order valence-electron chi connectivity index (χ1n) is 8.72. The molecule has 2 aromatic rings. The fourth-order valence-electron chi connectivity index (χ4n) is 3.42. The van der Waals surface area contributed by atoms with Crippen molar-refractivity contribution < 1.29 is 14.3 Å². The summed E-state index contributed by atoms with van der Waals surface area (Å²) in [4.78, 5) is 12.4. The van der Waals surface area contributed by atoms with E-state index in [4.69, 9.17) is 0 Å². The lowest BCUT2D eigenvalue weighted by atomic mass is 9.93. The van der Waals surface area contributed by atoms with Crippen LogP contribution in [0.5, 0.6) is 0 Å². The Balaban J connectivity index is 1.70. The first-order valence-corrected chi connectivity index (χ1v) is 8.72. The molecule has 0 aliphatic heterocycles. The maximum Gasteiger partial charge on any atom is 0.224 e. The van der Waals surface area contributed by atoms with Crippen LogP contribution in [0.1, 0.15) is 42.6 Å². The Bertz CT molecular complexity index is 747. The summed E-state index contributed by atoms with van der Waals surface area (Å²) in [5, 5.41) is 17.1. The molecule has 0 unspecified atom stereocenters. The summed E-state index contributed by atoms with van der Waals surface area (Å²) < 4.78 is 14.9. The Labute approximate surface area is 146 Å². The van der Waals surface area contributed by atoms with E-state index in [-0.39, 0.29) is 30.3 Å². The zero-order valence-corrected chi connectivity index (χ0v) is 14.6. The van der Waals surface area contributed by atoms with Crippen molar-refractivity contribution in [3.8, 4) is 5.69 Å². The maximum absolute atomic E-state index is 13.1. The Morgan fingerprint density at radius 2 is 1.88 bits per heavy atom. The zero-order chi connectivity index (χ0) is 18.0. The number of hydrogen-bond donors (Lipinski definition) is 2. The lowest BCUT2D eigenvalue weighted by molar-refractivity contribution is -0.121. The molecule has 1 saturated carbocycles. The van der Waals surface area contributed by atoms with Crippen LogP contribution in [0, 0.1) is 19.7 Å². The number of nitrogens with one attached hydrogen (secondary N) is 1. The second-order valence-corrected chi connectivity index (χ2v) is 6.79. The molecule has 3 rings (SSSR count). The van der Waals surface area contributed by atoms with Crippen LogP contribution in [0.15, 0.2) is 24.3 Å². The summed E-state index contributed by atoms with van der Waals surface area (Å²) in [6, 6.07) is 6.28. The predicted octanol–water partition coefficient (Wildman–Crippen LogP) is 2.59. The van der Waals surface area contributed by atoms with E-state index >= 15 is 0 Å². The van der Waals surface area contributed by atoms with Crippen LogP contribution in [0.3, 0.4) is 0 Å². The number of carbonyl (C=O) groups is 1. The van der Waals surface area contributed by atoms with Gasteiger partial charge in [-0.15, -0.1) is 0 Å². The summed E-state index contributed by atoms with van der Waals surface area (Å²) in [5.74, 6) is -0.311. The highest BCUT2D eigenvalue weighted by atomic mass is 19.1. The number of rotatable bonds is 4. The third-order valence-electron chi connectivity index (χ3n) is 4.91. The largest absolute Gasteiger partial charge is 0.393 e. The molecule has 6 heteroatoms. The molecule has 0 saturated heterocycles. The second kappa shape index (κ2) is 7.35. The van der Waals surface area contributed by atoms with Gasteiger partial charge in [0, 0.05) is 17.3 Å². The van der Waals surface area contributed by atoms with E-state index in [1.807, 2.05) is 13.8 Å². The molecular formula is C19H24FN3O2. The first-order chi connectivity index (χ1) is 11.9. The number of hydrogen-bond acceptors (Lipinski definition) is 3. The van der Waals surface area contributed by atoms with Gasteiger partial charge in [0.1, 0.15) is 5.82 Å². The Kier molecular flexibility index (Phi) is 5.18. The van der Waals surface area contributed by atoms with Crippen molar-refractivity contribution in [1.29, 1.82) is 0 Å². The Hall–Kier alpha value is -2.21. The van der Waals surface area contributed by atoms with Crippen molar-refractivity contribution in [3.63, 3.8) is 0 Å². The topological polar surface area (TPSA) is 67.2 Å². The van der Waals surface area contributed by atoms with E-state index in [0.29, 0.717) is 0 Å². The van der Waals surface area contributed by atoms with E-state index in [2.05, 4.69) is 10.4 Å². The van der Waals surface area contributed by atoms with Crippen molar-refractivity contribution in [2.24, 2.45) is 0 Å². The van der Waals surface area contributed by atoms with Gasteiger partial charge >= 0.3 is 0 Å². The van der Waals surface area contributed by atoms with Gasteiger partial charge in [0.05, 0.1) is 23.9 Å². The zero-order valence-electron chi connectivity index (χ0n) is 14.6. The normalized spacial score (nSPS) is 20.5. The van der Waals surface area contributed by atoms with Crippen LogP contribution in [-0.4, -0.2) is 32.9 Å². The minimum absolute atomic E-state index is 0.0220. The molecule has 0 atom stereocenters. The Morgan fingerprint density at radius 3 is 2.52 bits per heavy atom. The molecule has 2 N–H and O–H groups in total. The Morgan fingerprint density at radius 1 is 1.24 bits per heavy atom. The minimum atomic E-state index is -0.289. The number of halogens is 1. The molecule has 25 heavy (non-hydrogen) atoms. The van der Waals surface area contributed by atoms with Crippen molar-refractivity contribution in [2.45, 2.75) is 58.1 Å². The summed E-state index contributed by atoms with van der Waals surface area (Å²) in [6.45, 7) is 3.80. The van der Waals surface area contributed by atoms with E-state index in [9.17, 15) is 14.3 Å². The summed E-state index contributed by atoms with van der Waals surface area (Å²) >= 11 is 0. The fourth-order valence-corrected chi connectivity index (χ4v) is 3.42. The number of benzene rings is 1. The highest BCUT2D eigenvalue weighted by Crippen LogP contribution is 2.21. The first kappa shape index (κ1) is 17.6. The molecule has 5 nitrogen and oxygen atoms in total. The summed E-state index contributed by atoms with van der Waals surface area (Å²) in [6.07, 6.45) is 3.17.